The average Bonchev–Trinajstić information content (AvgIpc) is 2.33. The number of carbonyl (C=O) groups is 1. The number of nitrogens with zero attached hydrogens (tertiary/aromatic N) is 1. The lowest BCUT2D eigenvalue weighted by molar-refractivity contribution is 0.0997. The number of halogens is 1. The maximum Gasteiger partial charge on any atom is 0.254 e. The van der Waals surface area contributed by atoms with Crippen molar-refractivity contribution in [1.29, 1.82) is 0 Å². The van der Waals surface area contributed by atoms with Gasteiger partial charge in [0.15, 0.2) is 11.6 Å². The molecule has 0 spiro atoms. The Kier molecular flexibility index (Phi) is 3.23. The van der Waals surface area contributed by atoms with Gasteiger partial charge in [-0.2, -0.15) is 0 Å². The molecule has 0 saturated carbocycles. The number of amides is 1. The van der Waals surface area contributed by atoms with Gasteiger partial charge >= 0.3 is 0 Å². The molecule has 2 rings (SSSR count). The van der Waals surface area contributed by atoms with Crippen LogP contribution >= 0.6 is 0 Å². The molecule has 92 valence electrons. The number of carbonyl (C=O) groups excluding carboxylic acids is 1. The quantitative estimate of drug-likeness (QED) is 0.904. The van der Waals surface area contributed by atoms with Crippen molar-refractivity contribution in [3.05, 3.63) is 53.5 Å². The van der Waals surface area contributed by atoms with Crippen molar-refractivity contribution in [2.24, 2.45) is 5.73 Å². The van der Waals surface area contributed by atoms with E-state index in [2.05, 4.69) is 4.98 Å². The van der Waals surface area contributed by atoms with Gasteiger partial charge in [0.05, 0.1) is 0 Å². The van der Waals surface area contributed by atoms with Gasteiger partial charge in [-0.15, -0.1) is 0 Å². The number of benzene rings is 1. The average molecular weight is 246 g/mol. The van der Waals surface area contributed by atoms with E-state index >= 15 is 0 Å². The van der Waals surface area contributed by atoms with Crippen molar-refractivity contribution in [2.45, 2.75) is 6.92 Å². The predicted octanol–water partition coefficient (Wildman–Crippen LogP) is 2.42. The molecule has 0 aliphatic carbocycles. The Morgan fingerprint density at radius 3 is 2.83 bits per heavy atom. The number of hydrogen-bond donors (Lipinski definition) is 1. The van der Waals surface area contributed by atoms with Gasteiger partial charge in [-0.25, -0.2) is 9.37 Å². The van der Waals surface area contributed by atoms with Crippen LogP contribution in [0.1, 0.15) is 15.9 Å². The Morgan fingerprint density at radius 1 is 1.39 bits per heavy atom. The Labute approximate surface area is 103 Å². The highest BCUT2D eigenvalue weighted by Gasteiger charge is 2.13. The van der Waals surface area contributed by atoms with Crippen molar-refractivity contribution < 1.29 is 13.9 Å². The molecule has 4 nitrogen and oxygen atoms in total. The second-order valence-electron chi connectivity index (χ2n) is 3.76. The third-order valence-electron chi connectivity index (χ3n) is 2.33. The molecule has 1 amide bonds. The molecular formula is C13H11FN2O2. The molecule has 0 aliphatic rings. The molecule has 0 saturated heterocycles. The van der Waals surface area contributed by atoms with Crippen molar-refractivity contribution in [3.8, 4) is 11.6 Å². The van der Waals surface area contributed by atoms with Crippen LogP contribution in [-0.2, 0) is 0 Å². The van der Waals surface area contributed by atoms with Gasteiger partial charge in [0.25, 0.3) is 5.91 Å². The number of primary amides is 1. The smallest absolute Gasteiger partial charge is 0.254 e. The number of nitrogens with two attached hydrogens (primary N) is 1. The SMILES string of the molecule is Cc1ccc(Oc2ncccc2C(N)=O)c(F)c1. The number of aromatic nitrogens is 1. The Hall–Kier alpha value is -2.43. The summed E-state index contributed by atoms with van der Waals surface area (Å²) in [7, 11) is 0. The molecule has 2 N–H and O–H groups in total. The van der Waals surface area contributed by atoms with Crippen LogP contribution < -0.4 is 10.5 Å². The first kappa shape index (κ1) is 12.0. The molecule has 0 bridgehead atoms. The number of hydrogen-bond acceptors (Lipinski definition) is 3. The number of ether oxygens (including phenoxy) is 1. The Morgan fingerprint density at radius 2 is 2.17 bits per heavy atom. The lowest BCUT2D eigenvalue weighted by Crippen LogP contribution is -2.12. The minimum atomic E-state index is -0.675. The Balaban J connectivity index is 2.37. The molecule has 1 aromatic heterocycles. The zero-order valence-corrected chi connectivity index (χ0v) is 9.68. The summed E-state index contributed by atoms with van der Waals surface area (Å²) in [5.74, 6) is -1.20. The summed E-state index contributed by atoms with van der Waals surface area (Å²) in [4.78, 5) is 15.0. The molecule has 0 radical (unpaired) electrons. The van der Waals surface area contributed by atoms with Crippen LogP contribution in [0.4, 0.5) is 4.39 Å². The molecule has 0 unspecified atom stereocenters. The first-order chi connectivity index (χ1) is 8.58. The van der Waals surface area contributed by atoms with E-state index in [1.54, 1.807) is 19.1 Å². The Bertz CT molecular complexity index is 599. The molecule has 2 aromatic rings. The van der Waals surface area contributed by atoms with E-state index < -0.39 is 11.7 Å². The van der Waals surface area contributed by atoms with Crippen LogP contribution in [0.25, 0.3) is 0 Å². The lowest BCUT2D eigenvalue weighted by atomic mass is 10.2. The molecular weight excluding hydrogens is 235 g/mol. The third-order valence-corrected chi connectivity index (χ3v) is 2.33. The number of aryl methyl sites for hydroxylation is 1. The maximum atomic E-state index is 13.6. The fraction of sp³-hybridized carbons (Fsp3) is 0.0769. The molecule has 0 atom stereocenters. The minimum Gasteiger partial charge on any atom is -0.435 e. The largest absolute Gasteiger partial charge is 0.435 e. The second kappa shape index (κ2) is 4.83. The number of pyridine rings is 1. The van der Waals surface area contributed by atoms with Crippen LogP contribution in [0.2, 0.25) is 0 Å². The van der Waals surface area contributed by atoms with E-state index in [0.29, 0.717) is 0 Å². The highest BCUT2D eigenvalue weighted by Crippen LogP contribution is 2.25. The summed E-state index contributed by atoms with van der Waals surface area (Å²) in [6.45, 7) is 1.77. The van der Waals surface area contributed by atoms with Gasteiger partial charge in [0.1, 0.15) is 5.56 Å². The van der Waals surface area contributed by atoms with Gasteiger partial charge in [-0.3, -0.25) is 4.79 Å². The monoisotopic (exact) mass is 246 g/mol. The normalized spacial score (nSPS) is 10.1. The summed E-state index contributed by atoms with van der Waals surface area (Å²) in [5, 5.41) is 0. The van der Waals surface area contributed by atoms with Crippen LogP contribution in [-0.4, -0.2) is 10.9 Å². The first-order valence-electron chi connectivity index (χ1n) is 5.27. The first-order valence-corrected chi connectivity index (χ1v) is 5.27. The lowest BCUT2D eigenvalue weighted by Gasteiger charge is -2.08. The van der Waals surface area contributed by atoms with E-state index in [9.17, 15) is 9.18 Å². The second-order valence-corrected chi connectivity index (χ2v) is 3.76. The fourth-order valence-corrected chi connectivity index (χ4v) is 1.45. The van der Waals surface area contributed by atoms with Crippen molar-refractivity contribution in [2.75, 3.05) is 0 Å². The van der Waals surface area contributed by atoms with Crippen LogP contribution in [0, 0.1) is 12.7 Å². The summed E-state index contributed by atoms with van der Waals surface area (Å²) < 4.78 is 18.9. The number of rotatable bonds is 3. The van der Waals surface area contributed by atoms with Crippen LogP contribution in [0.15, 0.2) is 36.5 Å². The minimum absolute atomic E-state index is 0.00167. The third kappa shape index (κ3) is 2.45. The van der Waals surface area contributed by atoms with E-state index in [1.165, 1.54) is 24.4 Å². The zero-order valence-electron chi connectivity index (χ0n) is 9.68. The zero-order chi connectivity index (χ0) is 13.1. The van der Waals surface area contributed by atoms with Crippen LogP contribution in [0.5, 0.6) is 11.6 Å². The molecule has 18 heavy (non-hydrogen) atoms. The van der Waals surface area contributed by atoms with Crippen molar-refractivity contribution in [3.63, 3.8) is 0 Å². The van der Waals surface area contributed by atoms with Gasteiger partial charge in [-0.05, 0) is 36.8 Å². The highest BCUT2D eigenvalue weighted by atomic mass is 19.1. The summed E-state index contributed by atoms with van der Waals surface area (Å²) in [6.07, 6.45) is 1.44. The maximum absolute atomic E-state index is 13.6. The summed E-state index contributed by atoms with van der Waals surface area (Å²) in [6, 6.07) is 7.53. The van der Waals surface area contributed by atoms with Crippen molar-refractivity contribution in [1.82, 2.24) is 4.98 Å². The van der Waals surface area contributed by atoms with Gasteiger partial charge in [-0.1, -0.05) is 6.07 Å². The van der Waals surface area contributed by atoms with E-state index in [4.69, 9.17) is 10.5 Å². The van der Waals surface area contributed by atoms with Crippen molar-refractivity contribution >= 4 is 5.91 Å². The molecule has 1 aromatic carbocycles. The van der Waals surface area contributed by atoms with E-state index in [0.717, 1.165) is 5.56 Å². The topological polar surface area (TPSA) is 65.2 Å². The van der Waals surface area contributed by atoms with Crippen LogP contribution in [0.3, 0.4) is 0 Å². The van der Waals surface area contributed by atoms with Gasteiger partial charge < -0.3 is 10.5 Å². The highest BCUT2D eigenvalue weighted by molar-refractivity contribution is 5.95. The molecule has 5 heteroatoms. The fourth-order valence-electron chi connectivity index (χ4n) is 1.45. The summed E-state index contributed by atoms with van der Waals surface area (Å²) >= 11 is 0. The molecule has 1 heterocycles. The predicted molar refractivity (Wildman–Crippen MR) is 64.0 cm³/mol. The van der Waals surface area contributed by atoms with E-state index in [-0.39, 0.29) is 17.2 Å². The molecule has 0 fully saturated rings. The summed E-state index contributed by atoms with van der Waals surface area (Å²) in [5.41, 5.74) is 6.06. The van der Waals surface area contributed by atoms with Gasteiger partial charge in [0.2, 0.25) is 5.88 Å². The van der Waals surface area contributed by atoms with Gasteiger partial charge in [0, 0.05) is 6.20 Å². The standard InChI is InChI=1S/C13H11FN2O2/c1-8-4-5-11(10(14)7-8)18-13-9(12(15)17)3-2-6-16-13/h2-7H,1H3,(H2,15,17). The molecule has 0 aliphatic heterocycles. The van der Waals surface area contributed by atoms with E-state index in [1.807, 2.05) is 0 Å².